The van der Waals surface area contributed by atoms with Crippen LogP contribution in [0.3, 0.4) is 0 Å². The number of Topliss-reactive ketones (excluding diaryl/α,β-unsaturated/α-hetero) is 1. The zero-order chi connectivity index (χ0) is 18.5. The summed E-state index contributed by atoms with van der Waals surface area (Å²) >= 11 is 1.50. The van der Waals surface area contributed by atoms with Crippen molar-refractivity contribution in [1.29, 1.82) is 5.26 Å². The van der Waals surface area contributed by atoms with E-state index in [1.54, 1.807) is 29.2 Å². The number of hydrogen-bond donors (Lipinski definition) is 0. The summed E-state index contributed by atoms with van der Waals surface area (Å²) in [6, 6.07) is 14.7. The molecule has 1 aliphatic heterocycles. The number of amides is 1. The third-order valence-corrected chi connectivity index (χ3v) is 5.10. The molecule has 1 heterocycles. The highest BCUT2D eigenvalue weighted by Crippen LogP contribution is 2.33. The molecule has 0 aliphatic carbocycles. The first kappa shape index (κ1) is 18.0. The van der Waals surface area contributed by atoms with Gasteiger partial charge >= 0.3 is 0 Å². The number of carbonyl (C=O) groups excluding carboxylic acids is 2. The fourth-order valence-corrected chi connectivity index (χ4v) is 3.67. The molecule has 0 saturated carbocycles. The summed E-state index contributed by atoms with van der Waals surface area (Å²) < 4.78 is 5.43. The van der Waals surface area contributed by atoms with Crippen LogP contribution in [0.15, 0.2) is 42.5 Å². The van der Waals surface area contributed by atoms with E-state index in [1.807, 2.05) is 25.1 Å². The second-order valence-corrected chi connectivity index (χ2v) is 6.82. The molecule has 3 rings (SSSR count). The van der Waals surface area contributed by atoms with Crippen molar-refractivity contribution < 1.29 is 14.3 Å². The first-order valence-electron chi connectivity index (χ1n) is 8.29. The summed E-state index contributed by atoms with van der Waals surface area (Å²) in [6.07, 6.45) is 0. The molecule has 2 aromatic rings. The quantitative estimate of drug-likeness (QED) is 0.733. The Balaban J connectivity index is 1.66. The van der Waals surface area contributed by atoms with Crippen LogP contribution in [0.25, 0.3) is 0 Å². The van der Waals surface area contributed by atoms with Gasteiger partial charge in [0.2, 0.25) is 0 Å². The van der Waals surface area contributed by atoms with Gasteiger partial charge in [0.15, 0.2) is 12.4 Å². The minimum Gasteiger partial charge on any atom is -0.482 e. The molecule has 0 saturated heterocycles. The molecule has 0 atom stereocenters. The Morgan fingerprint density at radius 2 is 2.15 bits per heavy atom. The van der Waals surface area contributed by atoms with Crippen LogP contribution in [-0.2, 0) is 10.5 Å². The Morgan fingerprint density at radius 1 is 1.31 bits per heavy atom. The van der Waals surface area contributed by atoms with Crippen molar-refractivity contribution in [3.63, 3.8) is 0 Å². The zero-order valence-electron chi connectivity index (χ0n) is 14.4. The number of rotatable bonds is 6. The lowest BCUT2D eigenvalue weighted by Crippen LogP contribution is -2.38. The monoisotopic (exact) mass is 366 g/mol. The van der Waals surface area contributed by atoms with Gasteiger partial charge in [-0.2, -0.15) is 5.26 Å². The average molecular weight is 366 g/mol. The molecule has 0 unspecified atom stereocenters. The van der Waals surface area contributed by atoms with Gasteiger partial charge in [0.05, 0.1) is 23.1 Å². The minimum atomic E-state index is -0.101. The molecule has 26 heavy (non-hydrogen) atoms. The fourth-order valence-electron chi connectivity index (χ4n) is 2.80. The van der Waals surface area contributed by atoms with E-state index >= 15 is 0 Å². The first-order chi connectivity index (χ1) is 12.6. The van der Waals surface area contributed by atoms with E-state index in [9.17, 15) is 9.59 Å². The van der Waals surface area contributed by atoms with Crippen molar-refractivity contribution >= 4 is 29.1 Å². The SMILES string of the molecule is CCN1C(=O)COc2ccc(C(=O)CSCc3cccc(C#N)c3)cc21. The van der Waals surface area contributed by atoms with Crippen LogP contribution in [0, 0.1) is 11.3 Å². The molecule has 0 fully saturated rings. The molecule has 1 amide bonds. The summed E-state index contributed by atoms with van der Waals surface area (Å²) in [7, 11) is 0. The standard InChI is InChI=1S/C20H18N2O3S/c1-2-22-17-9-16(6-7-19(17)25-11-20(22)24)18(23)13-26-12-15-5-3-4-14(8-15)10-21/h3-9H,2,11-13H2,1H3. The summed E-state index contributed by atoms with van der Waals surface area (Å²) in [5.41, 5.74) is 2.86. The largest absolute Gasteiger partial charge is 0.482 e. The predicted molar refractivity (Wildman–Crippen MR) is 102 cm³/mol. The molecule has 0 radical (unpaired) electrons. The third kappa shape index (κ3) is 3.89. The van der Waals surface area contributed by atoms with E-state index in [2.05, 4.69) is 6.07 Å². The zero-order valence-corrected chi connectivity index (χ0v) is 15.2. The number of nitrogens with zero attached hydrogens (tertiary/aromatic N) is 2. The molecule has 0 aromatic heterocycles. The number of thioether (sulfide) groups is 1. The summed E-state index contributed by atoms with van der Waals surface area (Å²) in [4.78, 5) is 26.1. The molecule has 6 heteroatoms. The van der Waals surface area contributed by atoms with Gasteiger partial charge in [-0.25, -0.2) is 0 Å². The molecule has 132 valence electrons. The van der Waals surface area contributed by atoms with Crippen LogP contribution < -0.4 is 9.64 Å². The van der Waals surface area contributed by atoms with E-state index in [0.29, 0.717) is 40.6 Å². The minimum absolute atomic E-state index is 0.00307. The van der Waals surface area contributed by atoms with Crippen molar-refractivity contribution in [3.05, 3.63) is 59.2 Å². The highest BCUT2D eigenvalue weighted by atomic mass is 32.2. The average Bonchev–Trinajstić information content (AvgIpc) is 2.67. The van der Waals surface area contributed by atoms with Crippen LogP contribution in [0.5, 0.6) is 5.75 Å². The molecule has 1 aliphatic rings. The van der Waals surface area contributed by atoms with Gasteiger partial charge < -0.3 is 9.64 Å². The Bertz CT molecular complexity index is 889. The Hall–Kier alpha value is -2.78. The van der Waals surface area contributed by atoms with Crippen molar-refractivity contribution in [1.82, 2.24) is 0 Å². The van der Waals surface area contributed by atoms with Gasteiger partial charge in [-0.3, -0.25) is 9.59 Å². The molecule has 0 bridgehead atoms. The third-order valence-electron chi connectivity index (χ3n) is 4.10. The van der Waals surface area contributed by atoms with Gasteiger partial charge in [-0.05, 0) is 42.8 Å². The number of likely N-dealkylation sites (N-methyl/N-ethyl adjacent to an activating group) is 1. The second-order valence-electron chi connectivity index (χ2n) is 5.84. The topological polar surface area (TPSA) is 70.4 Å². The molecule has 5 nitrogen and oxygen atoms in total. The number of anilines is 1. The number of carbonyl (C=O) groups is 2. The number of fused-ring (bicyclic) bond motifs is 1. The predicted octanol–water partition coefficient (Wildman–Crippen LogP) is 3.42. The van der Waals surface area contributed by atoms with Crippen LogP contribution in [0.1, 0.15) is 28.4 Å². The van der Waals surface area contributed by atoms with Gasteiger partial charge in [0.25, 0.3) is 5.91 Å². The van der Waals surface area contributed by atoms with Crippen LogP contribution >= 0.6 is 11.8 Å². The maximum Gasteiger partial charge on any atom is 0.265 e. The van der Waals surface area contributed by atoms with Crippen LogP contribution in [0.2, 0.25) is 0 Å². The summed E-state index contributed by atoms with van der Waals surface area (Å²) in [6.45, 7) is 2.47. The highest BCUT2D eigenvalue weighted by molar-refractivity contribution is 7.99. The highest BCUT2D eigenvalue weighted by Gasteiger charge is 2.25. The molecular weight excluding hydrogens is 348 g/mol. The van der Waals surface area contributed by atoms with Crippen molar-refractivity contribution in [2.75, 3.05) is 23.8 Å². The summed E-state index contributed by atoms with van der Waals surface area (Å²) in [5, 5.41) is 8.93. The van der Waals surface area contributed by atoms with Gasteiger partial charge in [0, 0.05) is 17.9 Å². The van der Waals surface area contributed by atoms with Gasteiger partial charge in [-0.15, -0.1) is 11.8 Å². The van der Waals surface area contributed by atoms with Crippen LogP contribution in [-0.4, -0.2) is 30.6 Å². The molecule has 2 aromatic carbocycles. The van der Waals surface area contributed by atoms with E-state index in [-0.39, 0.29) is 18.3 Å². The Kier molecular flexibility index (Phi) is 5.59. The number of benzene rings is 2. The molecular formula is C20H18N2O3S. The Labute approximate surface area is 156 Å². The van der Waals surface area contributed by atoms with Crippen molar-refractivity contribution in [2.24, 2.45) is 0 Å². The molecule has 0 N–H and O–H groups in total. The maximum absolute atomic E-state index is 12.5. The number of hydrogen-bond acceptors (Lipinski definition) is 5. The number of nitriles is 1. The van der Waals surface area contributed by atoms with E-state index in [4.69, 9.17) is 10.00 Å². The molecule has 0 spiro atoms. The maximum atomic E-state index is 12.5. The van der Waals surface area contributed by atoms with E-state index < -0.39 is 0 Å². The van der Waals surface area contributed by atoms with Crippen molar-refractivity contribution in [2.45, 2.75) is 12.7 Å². The van der Waals surface area contributed by atoms with Crippen molar-refractivity contribution in [3.8, 4) is 11.8 Å². The first-order valence-corrected chi connectivity index (χ1v) is 9.45. The lowest BCUT2D eigenvalue weighted by molar-refractivity contribution is -0.121. The Morgan fingerprint density at radius 3 is 2.92 bits per heavy atom. The fraction of sp³-hybridized carbons (Fsp3) is 0.250. The lowest BCUT2D eigenvalue weighted by Gasteiger charge is -2.28. The number of ether oxygens (including phenoxy) is 1. The summed E-state index contributed by atoms with van der Waals surface area (Å²) in [5.74, 6) is 1.52. The number of ketones is 1. The van der Waals surface area contributed by atoms with E-state index in [0.717, 1.165) is 5.56 Å². The smallest absolute Gasteiger partial charge is 0.265 e. The lowest BCUT2D eigenvalue weighted by atomic mass is 10.1. The second kappa shape index (κ2) is 8.07. The van der Waals surface area contributed by atoms with Crippen LogP contribution in [0.4, 0.5) is 5.69 Å². The van der Waals surface area contributed by atoms with Gasteiger partial charge in [0.1, 0.15) is 5.75 Å². The van der Waals surface area contributed by atoms with E-state index in [1.165, 1.54) is 11.8 Å². The normalized spacial score (nSPS) is 12.9. The van der Waals surface area contributed by atoms with Gasteiger partial charge in [-0.1, -0.05) is 12.1 Å².